The van der Waals surface area contributed by atoms with E-state index in [0.717, 1.165) is 38.9 Å². The number of rotatable bonds is 6. The highest BCUT2D eigenvalue weighted by atomic mass is 32.2. The van der Waals surface area contributed by atoms with Gasteiger partial charge in [0.1, 0.15) is 0 Å². The van der Waals surface area contributed by atoms with Gasteiger partial charge >= 0.3 is 5.97 Å². The quantitative estimate of drug-likeness (QED) is 0.590. The molecule has 0 aromatic rings. The minimum atomic E-state index is -0.131. The van der Waals surface area contributed by atoms with Crippen molar-refractivity contribution in [1.82, 2.24) is 4.90 Å². The third-order valence-electron chi connectivity index (χ3n) is 3.59. The van der Waals surface area contributed by atoms with Crippen LogP contribution in [0.25, 0.3) is 0 Å². The first-order valence-electron chi connectivity index (χ1n) is 6.18. The predicted octanol–water partition coefficient (Wildman–Crippen LogP) is 1.42. The van der Waals surface area contributed by atoms with E-state index >= 15 is 0 Å². The summed E-state index contributed by atoms with van der Waals surface area (Å²) in [4.78, 5) is 14.0. The van der Waals surface area contributed by atoms with Gasteiger partial charge in [0.2, 0.25) is 0 Å². The molecule has 1 fully saturated rings. The Morgan fingerprint density at radius 3 is 2.56 bits per heavy atom. The number of esters is 1. The first-order chi connectivity index (χ1) is 8.54. The number of ether oxygens (including phenoxy) is 1. The minimum Gasteiger partial charge on any atom is -0.469 e. The Bertz CT molecular complexity index is 302. The maximum atomic E-state index is 11.0. The van der Waals surface area contributed by atoms with Crippen molar-refractivity contribution in [2.24, 2.45) is 5.73 Å². The molecule has 1 heterocycles. The van der Waals surface area contributed by atoms with Crippen molar-refractivity contribution >= 4 is 34.9 Å². The summed E-state index contributed by atoms with van der Waals surface area (Å²) in [6.07, 6.45) is 5.43. The Labute approximate surface area is 119 Å². The van der Waals surface area contributed by atoms with Crippen molar-refractivity contribution in [1.29, 1.82) is 0 Å². The Morgan fingerprint density at radius 2 is 2.11 bits per heavy atom. The summed E-state index contributed by atoms with van der Waals surface area (Å²) in [5.74, 6) is -0.131. The molecule has 18 heavy (non-hydrogen) atoms. The molecular formula is C12H22N2O2S2. The lowest BCUT2D eigenvalue weighted by atomic mass is 9.95. The zero-order valence-electron chi connectivity index (χ0n) is 11.1. The van der Waals surface area contributed by atoms with Crippen molar-refractivity contribution in [3.63, 3.8) is 0 Å². The second kappa shape index (κ2) is 7.31. The van der Waals surface area contributed by atoms with Crippen LogP contribution in [-0.4, -0.2) is 53.6 Å². The van der Waals surface area contributed by atoms with Gasteiger partial charge in [-0.15, -0.1) is 0 Å². The number of carbonyl (C=O) groups is 1. The van der Waals surface area contributed by atoms with Crippen LogP contribution in [0.5, 0.6) is 0 Å². The van der Waals surface area contributed by atoms with Crippen molar-refractivity contribution in [2.75, 3.05) is 33.0 Å². The topological polar surface area (TPSA) is 55.6 Å². The largest absolute Gasteiger partial charge is 0.469 e. The number of hydrogen-bond acceptors (Lipinski definition) is 5. The van der Waals surface area contributed by atoms with Gasteiger partial charge in [-0.1, -0.05) is 12.2 Å². The molecule has 1 rings (SSSR count). The van der Waals surface area contributed by atoms with Crippen molar-refractivity contribution < 1.29 is 9.53 Å². The predicted molar refractivity (Wildman–Crippen MR) is 80.0 cm³/mol. The SMILES string of the molecule is COC(=O)CCCN1CCC(SC)(C(N)=S)CC1. The standard InChI is InChI=1S/C12H22N2O2S2/c1-16-10(15)4-3-7-14-8-5-12(18-2,6-9-14)11(13)17/h3-9H2,1-2H3,(H2,13,17). The summed E-state index contributed by atoms with van der Waals surface area (Å²) < 4.78 is 4.61. The van der Waals surface area contributed by atoms with Crippen LogP contribution in [0.3, 0.4) is 0 Å². The summed E-state index contributed by atoms with van der Waals surface area (Å²) >= 11 is 6.95. The summed E-state index contributed by atoms with van der Waals surface area (Å²) in [5, 5.41) is 0. The molecule has 1 saturated heterocycles. The highest BCUT2D eigenvalue weighted by Gasteiger charge is 2.36. The number of likely N-dealkylation sites (tertiary alicyclic amines) is 1. The van der Waals surface area contributed by atoms with E-state index in [4.69, 9.17) is 18.0 Å². The Morgan fingerprint density at radius 1 is 1.50 bits per heavy atom. The third-order valence-corrected chi connectivity index (χ3v) is 5.52. The zero-order chi connectivity index (χ0) is 13.6. The molecule has 6 heteroatoms. The number of nitrogens with two attached hydrogens (primary N) is 1. The van der Waals surface area contributed by atoms with Gasteiger partial charge in [0.05, 0.1) is 16.8 Å². The second-order valence-electron chi connectivity index (χ2n) is 4.58. The van der Waals surface area contributed by atoms with Gasteiger partial charge in [-0.25, -0.2) is 0 Å². The van der Waals surface area contributed by atoms with E-state index in [-0.39, 0.29) is 10.7 Å². The molecule has 1 aliphatic heterocycles. The summed E-state index contributed by atoms with van der Waals surface area (Å²) in [6, 6.07) is 0. The molecule has 0 aliphatic carbocycles. The van der Waals surface area contributed by atoms with Crippen molar-refractivity contribution in [3.8, 4) is 0 Å². The number of thioether (sulfide) groups is 1. The van der Waals surface area contributed by atoms with Crippen LogP contribution in [0, 0.1) is 0 Å². The molecule has 104 valence electrons. The highest BCUT2D eigenvalue weighted by molar-refractivity contribution is 8.02. The summed E-state index contributed by atoms with van der Waals surface area (Å²) in [5.41, 5.74) is 5.85. The fourth-order valence-electron chi connectivity index (χ4n) is 2.24. The van der Waals surface area contributed by atoms with Crippen LogP contribution in [0.15, 0.2) is 0 Å². The molecule has 0 aromatic heterocycles. The van der Waals surface area contributed by atoms with Gasteiger partial charge in [-0.3, -0.25) is 4.79 Å². The van der Waals surface area contributed by atoms with E-state index in [1.54, 1.807) is 11.8 Å². The van der Waals surface area contributed by atoms with Gasteiger partial charge in [-0.05, 0) is 45.2 Å². The van der Waals surface area contributed by atoms with E-state index in [9.17, 15) is 4.79 Å². The number of piperidine rings is 1. The lowest BCUT2D eigenvalue weighted by molar-refractivity contribution is -0.140. The van der Waals surface area contributed by atoms with E-state index in [1.807, 2.05) is 0 Å². The molecular weight excluding hydrogens is 268 g/mol. The smallest absolute Gasteiger partial charge is 0.305 e. The van der Waals surface area contributed by atoms with Crippen molar-refractivity contribution in [3.05, 3.63) is 0 Å². The third kappa shape index (κ3) is 4.10. The molecule has 1 aliphatic rings. The van der Waals surface area contributed by atoms with Crippen LogP contribution in [0.4, 0.5) is 0 Å². The normalized spacial score (nSPS) is 19.4. The zero-order valence-corrected chi connectivity index (χ0v) is 12.7. The summed E-state index contributed by atoms with van der Waals surface area (Å²) in [6.45, 7) is 2.94. The number of carbonyl (C=O) groups excluding carboxylic acids is 1. The second-order valence-corrected chi connectivity index (χ2v) is 6.21. The van der Waals surface area contributed by atoms with E-state index in [1.165, 1.54) is 7.11 Å². The van der Waals surface area contributed by atoms with Crippen LogP contribution < -0.4 is 5.73 Å². The highest BCUT2D eigenvalue weighted by Crippen LogP contribution is 2.34. The van der Waals surface area contributed by atoms with E-state index < -0.39 is 0 Å². The molecule has 0 amide bonds. The van der Waals surface area contributed by atoms with Crippen LogP contribution in [-0.2, 0) is 9.53 Å². The molecule has 4 nitrogen and oxygen atoms in total. The van der Waals surface area contributed by atoms with Gasteiger partial charge in [0.25, 0.3) is 0 Å². The fourth-order valence-corrected chi connectivity index (χ4v) is 3.48. The van der Waals surface area contributed by atoms with E-state index in [0.29, 0.717) is 11.4 Å². The molecule has 0 atom stereocenters. The van der Waals surface area contributed by atoms with Gasteiger partial charge in [0.15, 0.2) is 0 Å². The average molecular weight is 290 g/mol. The van der Waals surface area contributed by atoms with Crippen LogP contribution >= 0.6 is 24.0 Å². The number of thiocarbonyl (C=S) groups is 1. The van der Waals surface area contributed by atoms with Gasteiger partial charge in [0, 0.05) is 6.42 Å². The minimum absolute atomic E-state index is 0.0197. The molecule has 0 saturated carbocycles. The van der Waals surface area contributed by atoms with Crippen LogP contribution in [0.1, 0.15) is 25.7 Å². The first-order valence-corrected chi connectivity index (χ1v) is 7.81. The Hall–Kier alpha value is -0.330. The van der Waals surface area contributed by atoms with Gasteiger partial charge < -0.3 is 15.4 Å². The molecule has 0 bridgehead atoms. The van der Waals surface area contributed by atoms with Gasteiger partial charge in [-0.2, -0.15) is 11.8 Å². The fraction of sp³-hybridized carbons (Fsp3) is 0.833. The molecule has 0 spiro atoms. The molecule has 2 N–H and O–H groups in total. The molecule has 0 unspecified atom stereocenters. The van der Waals surface area contributed by atoms with Crippen molar-refractivity contribution in [2.45, 2.75) is 30.4 Å². The number of nitrogens with zero attached hydrogens (tertiary/aromatic N) is 1. The lowest BCUT2D eigenvalue weighted by Gasteiger charge is -2.40. The average Bonchev–Trinajstić information content (AvgIpc) is 2.39. The molecule has 0 aromatic carbocycles. The Balaban J connectivity index is 2.31. The number of methoxy groups -OCH3 is 1. The van der Waals surface area contributed by atoms with Crippen LogP contribution in [0.2, 0.25) is 0 Å². The maximum Gasteiger partial charge on any atom is 0.305 e. The Kier molecular flexibility index (Phi) is 6.38. The van der Waals surface area contributed by atoms with E-state index in [2.05, 4.69) is 15.9 Å². The molecule has 0 radical (unpaired) electrons. The number of hydrogen-bond donors (Lipinski definition) is 1. The monoisotopic (exact) mass is 290 g/mol. The summed E-state index contributed by atoms with van der Waals surface area (Å²) in [7, 11) is 1.43. The first kappa shape index (κ1) is 15.7. The maximum absolute atomic E-state index is 11.0. The lowest BCUT2D eigenvalue weighted by Crippen LogP contribution is -2.49.